The summed E-state index contributed by atoms with van der Waals surface area (Å²) in [6, 6.07) is 4.65. The molecule has 2 aromatic rings. The number of ether oxygens (including phenoxy) is 2. The van der Waals surface area contributed by atoms with E-state index in [1.54, 1.807) is 19.1 Å². The number of fused-ring (bicyclic) bond motifs is 1. The first-order valence-corrected chi connectivity index (χ1v) is 8.46. The van der Waals surface area contributed by atoms with Gasteiger partial charge in [-0.25, -0.2) is 9.59 Å². The van der Waals surface area contributed by atoms with E-state index in [2.05, 4.69) is 16.6 Å². The second kappa shape index (κ2) is 9.36. The van der Waals surface area contributed by atoms with Crippen LogP contribution in [-0.4, -0.2) is 42.4 Å². The highest BCUT2D eigenvalue weighted by Gasteiger charge is 2.43. The summed E-state index contributed by atoms with van der Waals surface area (Å²) >= 11 is 0. The van der Waals surface area contributed by atoms with E-state index in [0.717, 1.165) is 6.20 Å². The van der Waals surface area contributed by atoms with Gasteiger partial charge in [0.1, 0.15) is 12.2 Å². The first-order chi connectivity index (χ1) is 13.7. The second-order valence-corrected chi connectivity index (χ2v) is 5.71. The fourth-order valence-electron chi connectivity index (χ4n) is 2.42. The van der Waals surface area contributed by atoms with Gasteiger partial charge in [0.15, 0.2) is 0 Å². The summed E-state index contributed by atoms with van der Waals surface area (Å²) in [5.74, 6) is 1.14. The van der Waals surface area contributed by atoms with Crippen LogP contribution in [0.4, 0.5) is 13.2 Å². The van der Waals surface area contributed by atoms with Crippen molar-refractivity contribution in [1.29, 1.82) is 0 Å². The van der Waals surface area contributed by atoms with Crippen LogP contribution < -0.4 is 11.2 Å². The molecule has 29 heavy (non-hydrogen) atoms. The third kappa shape index (κ3) is 5.43. The number of benzene rings is 1. The number of esters is 2. The molecule has 1 aromatic carbocycles. The first-order valence-electron chi connectivity index (χ1n) is 8.46. The van der Waals surface area contributed by atoms with Crippen LogP contribution in [0.2, 0.25) is 0 Å². The average molecular weight is 410 g/mol. The molecule has 0 aliphatic carbocycles. The van der Waals surface area contributed by atoms with E-state index >= 15 is 0 Å². The van der Waals surface area contributed by atoms with E-state index in [1.807, 2.05) is 0 Å². The molecule has 0 fully saturated rings. The maximum absolute atomic E-state index is 12.6. The second-order valence-electron chi connectivity index (χ2n) is 5.71. The Morgan fingerprint density at radius 3 is 2.62 bits per heavy atom. The fourth-order valence-corrected chi connectivity index (χ4v) is 2.42. The van der Waals surface area contributed by atoms with Crippen LogP contribution in [0.5, 0.6) is 0 Å². The van der Waals surface area contributed by atoms with E-state index in [0.29, 0.717) is 30.8 Å². The third-order valence-electron chi connectivity index (χ3n) is 3.73. The number of aryl methyl sites for hydroxylation is 1. The van der Waals surface area contributed by atoms with Crippen LogP contribution in [0.15, 0.2) is 29.2 Å². The van der Waals surface area contributed by atoms with Crippen molar-refractivity contribution in [1.82, 2.24) is 4.57 Å². The Labute approximate surface area is 163 Å². The number of nitrogens with zero attached hydrogens (tertiary/aromatic N) is 1. The predicted octanol–water partition coefficient (Wildman–Crippen LogP) is 1.59. The van der Waals surface area contributed by atoms with Crippen molar-refractivity contribution in [3.63, 3.8) is 0 Å². The van der Waals surface area contributed by atoms with Gasteiger partial charge in [0, 0.05) is 30.2 Å². The molecule has 0 bridgehead atoms. The van der Waals surface area contributed by atoms with Crippen LogP contribution in [0.3, 0.4) is 0 Å². The van der Waals surface area contributed by atoms with E-state index < -0.39 is 29.1 Å². The zero-order valence-corrected chi connectivity index (χ0v) is 15.3. The van der Waals surface area contributed by atoms with E-state index in [9.17, 15) is 27.6 Å². The van der Waals surface area contributed by atoms with Gasteiger partial charge >= 0.3 is 18.1 Å². The molecule has 1 aromatic heterocycles. The lowest BCUT2D eigenvalue weighted by Crippen LogP contribution is -2.30. The number of alkyl halides is 3. The Morgan fingerprint density at radius 1 is 1.28 bits per heavy atom. The van der Waals surface area contributed by atoms with Gasteiger partial charge in [-0.3, -0.25) is 4.79 Å². The number of hydrogen-bond donors (Lipinski definition) is 1. The molecule has 10 heteroatoms. The molecule has 2 rings (SSSR count). The smallest absolute Gasteiger partial charge is 0.382 e. The number of hydrogen-bond acceptors (Lipinski definition) is 6. The van der Waals surface area contributed by atoms with Crippen LogP contribution in [0, 0.1) is 11.8 Å². The van der Waals surface area contributed by atoms with Crippen LogP contribution in [0.25, 0.3) is 10.9 Å². The number of pyridine rings is 1. The molecule has 2 N–H and O–H groups in total. The molecule has 154 valence electrons. The van der Waals surface area contributed by atoms with Gasteiger partial charge in [0.25, 0.3) is 0 Å². The molecule has 7 nitrogen and oxygen atoms in total. The SMILES string of the molecule is CCn1cc(C(=O)OC(=O)C(F)(F)F)c(=O)c2cc(C#CCOCCN)ccc21. The van der Waals surface area contributed by atoms with Gasteiger partial charge < -0.3 is 19.8 Å². The average Bonchev–Trinajstić information content (AvgIpc) is 2.67. The summed E-state index contributed by atoms with van der Waals surface area (Å²) in [6.07, 6.45) is -4.30. The van der Waals surface area contributed by atoms with Crippen molar-refractivity contribution in [2.75, 3.05) is 19.8 Å². The fraction of sp³-hybridized carbons (Fsp3) is 0.316. The van der Waals surface area contributed by atoms with Gasteiger partial charge in [0.05, 0.1) is 12.1 Å². The van der Waals surface area contributed by atoms with E-state index in [1.165, 1.54) is 10.6 Å². The summed E-state index contributed by atoms with van der Waals surface area (Å²) in [5, 5.41) is 0.0513. The zero-order chi connectivity index (χ0) is 21.6. The first kappa shape index (κ1) is 22.1. The molecule has 0 atom stereocenters. The quantitative estimate of drug-likeness (QED) is 0.348. The van der Waals surface area contributed by atoms with Crippen LogP contribution in [-0.2, 0) is 20.8 Å². The minimum atomic E-state index is -5.36. The van der Waals surface area contributed by atoms with E-state index in [4.69, 9.17) is 10.5 Å². The number of halogens is 3. The molecule has 0 saturated carbocycles. The maximum atomic E-state index is 12.6. The van der Waals surface area contributed by atoms with Crippen molar-refractivity contribution in [2.45, 2.75) is 19.6 Å². The lowest BCUT2D eigenvalue weighted by Gasteiger charge is -2.11. The Hall–Kier alpha value is -3.16. The summed E-state index contributed by atoms with van der Waals surface area (Å²) in [6.45, 7) is 2.84. The third-order valence-corrected chi connectivity index (χ3v) is 3.73. The number of carbonyl (C=O) groups is 2. The number of aromatic nitrogens is 1. The molecule has 0 aliphatic heterocycles. The van der Waals surface area contributed by atoms with Gasteiger partial charge in [-0.15, -0.1) is 0 Å². The molecule has 1 heterocycles. The van der Waals surface area contributed by atoms with Crippen LogP contribution >= 0.6 is 0 Å². The number of nitrogens with two attached hydrogens (primary N) is 1. The highest BCUT2D eigenvalue weighted by molar-refractivity contribution is 6.00. The Balaban J connectivity index is 2.45. The van der Waals surface area contributed by atoms with Crippen molar-refractivity contribution in [3.8, 4) is 11.8 Å². The highest BCUT2D eigenvalue weighted by atomic mass is 19.4. The lowest BCUT2D eigenvalue weighted by molar-refractivity contribution is -0.193. The van der Waals surface area contributed by atoms with Crippen LogP contribution in [0.1, 0.15) is 22.8 Å². The molecule has 0 aliphatic rings. The van der Waals surface area contributed by atoms with Crippen molar-refractivity contribution < 1.29 is 32.2 Å². The molecular formula is C19H17F3N2O5. The van der Waals surface area contributed by atoms with Crippen molar-refractivity contribution in [3.05, 3.63) is 45.7 Å². The molecule has 0 amide bonds. The minimum absolute atomic E-state index is 0.0513. The van der Waals surface area contributed by atoms with E-state index in [-0.39, 0.29) is 12.0 Å². The minimum Gasteiger partial charge on any atom is -0.382 e. The van der Waals surface area contributed by atoms with Gasteiger partial charge in [0.2, 0.25) is 5.43 Å². The van der Waals surface area contributed by atoms with Gasteiger partial charge in [-0.05, 0) is 25.1 Å². The normalized spacial score (nSPS) is 11.1. The maximum Gasteiger partial charge on any atom is 0.491 e. The van der Waals surface area contributed by atoms with Gasteiger partial charge in [-0.1, -0.05) is 11.8 Å². The number of rotatable bonds is 5. The van der Waals surface area contributed by atoms with Crippen molar-refractivity contribution >= 4 is 22.8 Å². The highest BCUT2D eigenvalue weighted by Crippen LogP contribution is 2.18. The summed E-state index contributed by atoms with van der Waals surface area (Å²) < 4.78 is 47.4. The summed E-state index contributed by atoms with van der Waals surface area (Å²) in [5.41, 5.74) is 4.62. The Kier molecular flexibility index (Phi) is 7.14. The molecule has 0 spiro atoms. The van der Waals surface area contributed by atoms with Crippen molar-refractivity contribution in [2.24, 2.45) is 5.73 Å². The topological polar surface area (TPSA) is 101 Å². The summed E-state index contributed by atoms with van der Waals surface area (Å²) in [7, 11) is 0. The lowest BCUT2D eigenvalue weighted by atomic mass is 10.1. The number of carbonyl (C=O) groups excluding carboxylic acids is 2. The summed E-state index contributed by atoms with van der Waals surface area (Å²) in [4.78, 5) is 35.5. The molecule has 0 unspecified atom stereocenters. The monoisotopic (exact) mass is 410 g/mol. The predicted molar refractivity (Wildman–Crippen MR) is 97.1 cm³/mol. The van der Waals surface area contributed by atoms with Gasteiger partial charge in [-0.2, -0.15) is 13.2 Å². The Morgan fingerprint density at radius 2 is 2.00 bits per heavy atom. The largest absolute Gasteiger partial charge is 0.491 e. The zero-order valence-electron chi connectivity index (χ0n) is 15.3. The Bertz CT molecular complexity index is 1050. The molecular weight excluding hydrogens is 393 g/mol. The molecule has 0 radical (unpaired) electrons. The standard InChI is InChI=1S/C19H17F3N2O5/c1-2-24-11-14(17(26)29-18(27)19(20,21)22)16(25)13-10-12(5-6-15(13)24)4-3-8-28-9-7-23/h5-6,10-11H,2,7-9,23H2,1H3. The molecule has 0 saturated heterocycles.